The van der Waals surface area contributed by atoms with Crippen LogP contribution in [0.4, 0.5) is 5.82 Å². The number of hydrogen-bond donors (Lipinski definition) is 0. The van der Waals surface area contributed by atoms with Gasteiger partial charge in [-0.25, -0.2) is 4.90 Å². The van der Waals surface area contributed by atoms with Gasteiger partial charge in [0.05, 0.1) is 0 Å². The van der Waals surface area contributed by atoms with E-state index in [0.29, 0.717) is 16.9 Å². The van der Waals surface area contributed by atoms with Crippen molar-refractivity contribution in [2.45, 2.75) is 0 Å². The number of imide groups is 1. The fraction of sp³-hybridized carbons (Fsp3) is 0.0625. The predicted molar refractivity (Wildman–Crippen MR) is 78.3 cm³/mol. The highest BCUT2D eigenvalue weighted by Crippen LogP contribution is 2.31. The van der Waals surface area contributed by atoms with Gasteiger partial charge in [-0.1, -0.05) is 24.3 Å². The monoisotopic (exact) mass is 277 g/mol. The third-order valence-electron chi connectivity index (χ3n) is 3.70. The fourth-order valence-electron chi connectivity index (χ4n) is 2.76. The summed E-state index contributed by atoms with van der Waals surface area (Å²) < 4.78 is 1.57. The maximum atomic E-state index is 12.7. The molecule has 3 aromatic rings. The Bertz CT molecular complexity index is 860. The standard InChI is InChI=1S/C16H11N3O2/c1-18-9-8-13(17-18)19-15(20)11-6-2-4-10-5-3-7-12(14(10)11)16(19)21/h2-9H,1H3. The second-order valence-corrected chi connectivity index (χ2v) is 5.00. The number of aryl methyl sites for hydroxylation is 1. The van der Waals surface area contributed by atoms with E-state index in [9.17, 15) is 9.59 Å². The minimum atomic E-state index is -0.331. The first-order valence-electron chi connectivity index (χ1n) is 6.57. The Balaban J connectivity index is 2.01. The number of aromatic nitrogens is 2. The molecule has 5 heteroatoms. The summed E-state index contributed by atoms with van der Waals surface area (Å²) >= 11 is 0. The minimum Gasteiger partial charge on any atom is -0.274 e. The lowest BCUT2D eigenvalue weighted by Crippen LogP contribution is -2.40. The van der Waals surface area contributed by atoms with Gasteiger partial charge >= 0.3 is 0 Å². The molecule has 1 aliphatic rings. The summed E-state index contributed by atoms with van der Waals surface area (Å²) in [5, 5.41) is 5.79. The number of amides is 2. The number of anilines is 1. The molecular weight excluding hydrogens is 266 g/mol. The molecule has 4 rings (SSSR count). The van der Waals surface area contributed by atoms with Crippen LogP contribution in [0.3, 0.4) is 0 Å². The molecule has 0 atom stereocenters. The SMILES string of the molecule is Cn1ccc(N2C(=O)c3cccc4cccc(c34)C2=O)n1. The number of carbonyl (C=O) groups is 2. The van der Waals surface area contributed by atoms with Crippen molar-refractivity contribution in [2.24, 2.45) is 7.05 Å². The highest BCUT2D eigenvalue weighted by atomic mass is 16.2. The Labute approximate surface area is 120 Å². The molecule has 1 aliphatic heterocycles. The molecule has 0 unspecified atom stereocenters. The first-order chi connectivity index (χ1) is 10.2. The Morgan fingerprint density at radius 2 is 1.52 bits per heavy atom. The van der Waals surface area contributed by atoms with E-state index in [0.717, 1.165) is 15.7 Å². The third kappa shape index (κ3) is 1.54. The van der Waals surface area contributed by atoms with Gasteiger partial charge in [0.15, 0.2) is 5.82 Å². The number of benzene rings is 2. The van der Waals surface area contributed by atoms with Crippen molar-refractivity contribution >= 4 is 28.4 Å². The molecule has 1 aromatic heterocycles. The molecule has 0 N–H and O–H groups in total. The Hall–Kier alpha value is -2.95. The average Bonchev–Trinajstić information content (AvgIpc) is 2.91. The maximum absolute atomic E-state index is 12.7. The normalized spacial score (nSPS) is 14.0. The Kier molecular flexibility index (Phi) is 2.27. The van der Waals surface area contributed by atoms with Crippen LogP contribution in [0.2, 0.25) is 0 Å². The van der Waals surface area contributed by atoms with E-state index >= 15 is 0 Å². The van der Waals surface area contributed by atoms with Crippen LogP contribution in [-0.4, -0.2) is 21.6 Å². The van der Waals surface area contributed by atoms with E-state index in [1.54, 1.807) is 36.1 Å². The van der Waals surface area contributed by atoms with Gasteiger partial charge in [0.2, 0.25) is 0 Å². The van der Waals surface area contributed by atoms with Crippen LogP contribution in [0.5, 0.6) is 0 Å². The highest BCUT2D eigenvalue weighted by molar-refractivity contribution is 6.35. The second kappa shape index (κ2) is 4.02. The van der Waals surface area contributed by atoms with Crippen LogP contribution in [0.15, 0.2) is 48.7 Å². The van der Waals surface area contributed by atoms with E-state index in [2.05, 4.69) is 5.10 Å². The molecule has 102 valence electrons. The van der Waals surface area contributed by atoms with Crippen LogP contribution in [0, 0.1) is 0 Å². The zero-order valence-electron chi connectivity index (χ0n) is 11.3. The number of nitrogens with zero attached hydrogens (tertiary/aromatic N) is 3. The van der Waals surface area contributed by atoms with Crippen LogP contribution in [-0.2, 0) is 7.05 Å². The van der Waals surface area contributed by atoms with Gasteiger partial charge in [-0.15, -0.1) is 0 Å². The molecule has 0 bridgehead atoms. The van der Waals surface area contributed by atoms with Gasteiger partial charge in [-0.05, 0) is 17.5 Å². The summed E-state index contributed by atoms with van der Waals surface area (Å²) in [4.78, 5) is 26.5. The molecule has 2 amide bonds. The van der Waals surface area contributed by atoms with Gasteiger partial charge < -0.3 is 0 Å². The lowest BCUT2D eigenvalue weighted by molar-refractivity contribution is 0.0892. The Morgan fingerprint density at radius 3 is 2.05 bits per heavy atom. The number of carbonyl (C=O) groups excluding carboxylic acids is 2. The lowest BCUT2D eigenvalue weighted by Gasteiger charge is -2.25. The molecule has 0 spiro atoms. The van der Waals surface area contributed by atoms with Crippen molar-refractivity contribution in [3.8, 4) is 0 Å². The van der Waals surface area contributed by atoms with Crippen molar-refractivity contribution in [2.75, 3.05) is 4.90 Å². The molecule has 2 heterocycles. The summed E-state index contributed by atoms with van der Waals surface area (Å²) in [6.07, 6.45) is 1.71. The van der Waals surface area contributed by atoms with Gasteiger partial charge in [0.25, 0.3) is 11.8 Å². The molecule has 0 fully saturated rings. The van der Waals surface area contributed by atoms with Crippen LogP contribution in [0.1, 0.15) is 20.7 Å². The van der Waals surface area contributed by atoms with Crippen LogP contribution >= 0.6 is 0 Å². The molecule has 0 radical (unpaired) electrons. The predicted octanol–water partition coefficient (Wildman–Crippen LogP) is 2.37. The molecule has 0 saturated heterocycles. The highest BCUT2D eigenvalue weighted by Gasteiger charge is 2.34. The van der Waals surface area contributed by atoms with E-state index < -0.39 is 0 Å². The summed E-state index contributed by atoms with van der Waals surface area (Å²) in [5.41, 5.74) is 1.07. The maximum Gasteiger partial charge on any atom is 0.267 e. The van der Waals surface area contributed by atoms with Crippen molar-refractivity contribution in [1.29, 1.82) is 0 Å². The van der Waals surface area contributed by atoms with E-state index in [1.165, 1.54) is 0 Å². The van der Waals surface area contributed by atoms with Crippen molar-refractivity contribution in [3.63, 3.8) is 0 Å². The van der Waals surface area contributed by atoms with Gasteiger partial charge in [-0.3, -0.25) is 14.3 Å². The molecule has 0 saturated carbocycles. The summed E-state index contributed by atoms with van der Waals surface area (Å²) in [5.74, 6) is -0.315. The first kappa shape index (κ1) is 11.8. The zero-order chi connectivity index (χ0) is 14.6. The first-order valence-corrected chi connectivity index (χ1v) is 6.57. The van der Waals surface area contributed by atoms with Crippen LogP contribution < -0.4 is 4.90 Å². The smallest absolute Gasteiger partial charge is 0.267 e. The van der Waals surface area contributed by atoms with E-state index in [1.807, 2.05) is 24.3 Å². The fourth-order valence-corrected chi connectivity index (χ4v) is 2.76. The largest absolute Gasteiger partial charge is 0.274 e. The van der Waals surface area contributed by atoms with Gasteiger partial charge in [0, 0.05) is 35.8 Å². The molecular formula is C16H11N3O2. The van der Waals surface area contributed by atoms with Crippen molar-refractivity contribution in [1.82, 2.24) is 9.78 Å². The van der Waals surface area contributed by atoms with Crippen LogP contribution in [0.25, 0.3) is 10.8 Å². The number of rotatable bonds is 1. The van der Waals surface area contributed by atoms with E-state index in [-0.39, 0.29) is 11.8 Å². The minimum absolute atomic E-state index is 0.331. The number of hydrogen-bond acceptors (Lipinski definition) is 3. The Morgan fingerprint density at radius 1 is 0.905 bits per heavy atom. The van der Waals surface area contributed by atoms with Gasteiger partial charge in [-0.2, -0.15) is 5.10 Å². The molecule has 5 nitrogen and oxygen atoms in total. The zero-order valence-corrected chi connectivity index (χ0v) is 11.3. The lowest BCUT2D eigenvalue weighted by atomic mass is 9.94. The average molecular weight is 277 g/mol. The van der Waals surface area contributed by atoms with Crippen molar-refractivity contribution < 1.29 is 9.59 Å². The molecule has 0 aliphatic carbocycles. The summed E-state index contributed by atoms with van der Waals surface area (Å²) in [7, 11) is 1.75. The summed E-state index contributed by atoms with van der Waals surface area (Å²) in [6.45, 7) is 0. The van der Waals surface area contributed by atoms with Gasteiger partial charge in [0.1, 0.15) is 0 Å². The topological polar surface area (TPSA) is 55.2 Å². The molecule has 21 heavy (non-hydrogen) atoms. The second-order valence-electron chi connectivity index (χ2n) is 5.00. The molecule has 2 aromatic carbocycles. The summed E-state index contributed by atoms with van der Waals surface area (Å²) in [6, 6.07) is 12.6. The van der Waals surface area contributed by atoms with E-state index in [4.69, 9.17) is 0 Å². The van der Waals surface area contributed by atoms with Crippen molar-refractivity contribution in [3.05, 3.63) is 59.8 Å². The third-order valence-corrected chi connectivity index (χ3v) is 3.70. The quantitative estimate of drug-likeness (QED) is 0.642.